The van der Waals surface area contributed by atoms with Gasteiger partial charge in [0.2, 0.25) is 17.7 Å². The van der Waals surface area contributed by atoms with E-state index in [0.29, 0.717) is 24.9 Å². The molecule has 2 saturated heterocycles. The summed E-state index contributed by atoms with van der Waals surface area (Å²) in [5.41, 5.74) is 2.87. The lowest BCUT2D eigenvalue weighted by Gasteiger charge is -2.34. The molecule has 2 saturated carbocycles. The van der Waals surface area contributed by atoms with Gasteiger partial charge in [-0.25, -0.2) is 9.97 Å². The zero-order valence-corrected chi connectivity index (χ0v) is 18.5. The normalized spacial score (nSPS) is 30.7. The number of pyridine rings is 1. The summed E-state index contributed by atoms with van der Waals surface area (Å²) in [6.45, 7) is 1.04. The molecule has 0 unspecified atom stereocenters. The summed E-state index contributed by atoms with van der Waals surface area (Å²) >= 11 is 0. The van der Waals surface area contributed by atoms with Crippen LogP contribution in [0.5, 0.6) is 0 Å². The van der Waals surface area contributed by atoms with E-state index in [4.69, 9.17) is 0 Å². The van der Waals surface area contributed by atoms with E-state index in [2.05, 4.69) is 15.0 Å². The van der Waals surface area contributed by atoms with Crippen molar-refractivity contribution in [2.24, 2.45) is 23.7 Å². The lowest BCUT2D eigenvalue weighted by Crippen LogP contribution is -2.46. The Labute approximate surface area is 192 Å². The average Bonchev–Trinajstić information content (AvgIpc) is 3.55. The van der Waals surface area contributed by atoms with Gasteiger partial charge in [0.05, 0.1) is 17.5 Å². The third kappa shape index (κ3) is 3.34. The van der Waals surface area contributed by atoms with Gasteiger partial charge in [0.1, 0.15) is 12.9 Å². The van der Waals surface area contributed by atoms with Gasteiger partial charge in [0.25, 0.3) is 0 Å². The number of hydrogen-bond acceptors (Lipinski definition) is 6. The Morgan fingerprint density at radius 3 is 2.45 bits per heavy atom. The summed E-state index contributed by atoms with van der Waals surface area (Å²) in [7, 11) is 0. The van der Waals surface area contributed by atoms with Gasteiger partial charge < -0.3 is 4.90 Å². The van der Waals surface area contributed by atoms with Gasteiger partial charge in [0.15, 0.2) is 0 Å². The van der Waals surface area contributed by atoms with E-state index in [0.717, 1.165) is 48.9 Å². The van der Waals surface area contributed by atoms with Crippen LogP contribution in [-0.4, -0.2) is 62.1 Å². The van der Waals surface area contributed by atoms with Crippen LogP contribution in [0.25, 0.3) is 11.1 Å². The molecule has 0 spiro atoms. The minimum Gasteiger partial charge on any atom is -0.340 e. The number of nitrogens with zero attached hydrogens (tertiary/aromatic N) is 5. The first-order valence-electron chi connectivity index (χ1n) is 11.9. The first kappa shape index (κ1) is 20.4. The standard InChI is InChI=1S/C25H27N5O3/c31-20(13-30-24(32)21-16-3-4-17(10-16)22(21)25(30)33)29-9-1-2-18(12-29)23-19(11-27-14-28-23)15-5-7-26-8-6-15/h5-8,11,14,16-18,21-22H,1-4,9-10,12-13H2/t16-,17-,18+,21+,22+/m0/s1. The second-order valence-electron chi connectivity index (χ2n) is 9.88. The summed E-state index contributed by atoms with van der Waals surface area (Å²) in [5, 5.41) is 0. The molecule has 2 aliphatic heterocycles. The fourth-order valence-corrected chi connectivity index (χ4v) is 6.71. The van der Waals surface area contributed by atoms with Crippen molar-refractivity contribution in [1.29, 1.82) is 0 Å². The van der Waals surface area contributed by atoms with Crippen LogP contribution < -0.4 is 0 Å². The third-order valence-corrected chi connectivity index (χ3v) is 8.21. The van der Waals surface area contributed by atoms with Crippen LogP contribution in [0.3, 0.4) is 0 Å². The highest BCUT2D eigenvalue weighted by Crippen LogP contribution is 2.56. The Bertz CT molecular complexity index is 1080. The monoisotopic (exact) mass is 445 g/mol. The molecule has 2 aromatic rings. The molecule has 170 valence electrons. The number of piperidine rings is 1. The predicted octanol–water partition coefficient (Wildman–Crippen LogP) is 2.28. The number of rotatable bonds is 4. The number of hydrogen-bond donors (Lipinski definition) is 0. The van der Waals surface area contributed by atoms with Crippen molar-refractivity contribution in [1.82, 2.24) is 24.8 Å². The first-order valence-corrected chi connectivity index (χ1v) is 11.9. The molecule has 3 amide bonds. The van der Waals surface area contributed by atoms with Crippen molar-refractivity contribution in [2.75, 3.05) is 19.6 Å². The van der Waals surface area contributed by atoms with Gasteiger partial charge in [-0.15, -0.1) is 0 Å². The maximum absolute atomic E-state index is 13.2. The molecule has 4 aliphatic rings. The Kier molecular flexibility index (Phi) is 4.96. The molecule has 2 aromatic heterocycles. The highest BCUT2D eigenvalue weighted by atomic mass is 16.2. The largest absolute Gasteiger partial charge is 0.340 e. The zero-order valence-electron chi connectivity index (χ0n) is 18.5. The van der Waals surface area contributed by atoms with Crippen LogP contribution in [0.1, 0.15) is 43.7 Å². The van der Waals surface area contributed by atoms with Crippen molar-refractivity contribution in [3.63, 3.8) is 0 Å². The highest BCUT2D eigenvalue weighted by Gasteiger charge is 2.61. The summed E-state index contributed by atoms with van der Waals surface area (Å²) in [6.07, 6.45) is 11.7. The van der Waals surface area contributed by atoms with E-state index in [-0.39, 0.29) is 42.0 Å². The maximum Gasteiger partial charge on any atom is 0.242 e. The molecule has 33 heavy (non-hydrogen) atoms. The molecule has 0 aromatic carbocycles. The Morgan fingerprint density at radius 1 is 1.00 bits per heavy atom. The number of fused-ring (bicyclic) bond motifs is 5. The van der Waals surface area contributed by atoms with E-state index in [1.807, 2.05) is 18.3 Å². The highest BCUT2D eigenvalue weighted by molar-refractivity contribution is 6.08. The number of likely N-dealkylation sites (tertiary alicyclic amines) is 2. The van der Waals surface area contributed by atoms with Crippen molar-refractivity contribution in [2.45, 2.75) is 38.0 Å². The summed E-state index contributed by atoms with van der Waals surface area (Å²) in [4.78, 5) is 55.2. The van der Waals surface area contributed by atoms with Crippen LogP contribution in [0, 0.1) is 23.7 Å². The summed E-state index contributed by atoms with van der Waals surface area (Å²) in [5.74, 6) is 0.0110. The SMILES string of the molecule is O=C(CN1C(=O)[C@@H]2[C@H]3CC[C@@H](C3)[C@H]2C1=O)N1CCC[C@@H](c2ncncc2-c2ccncc2)C1. The van der Waals surface area contributed by atoms with Crippen molar-refractivity contribution >= 4 is 17.7 Å². The number of amides is 3. The number of carbonyl (C=O) groups excluding carboxylic acids is 3. The molecule has 4 fully saturated rings. The minimum atomic E-state index is -0.179. The fraction of sp³-hybridized carbons (Fsp3) is 0.520. The molecule has 4 heterocycles. The minimum absolute atomic E-state index is 0.0778. The van der Waals surface area contributed by atoms with Crippen molar-refractivity contribution < 1.29 is 14.4 Å². The Hall–Kier alpha value is -3.16. The topological polar surface area (TPSA) is 96.4 Å². The van der Waals surface area contributed by atoms with E-state index in [1.54, 1.807) is 23.6 Å². The molecule has 2 aliphatic carbocycles. The molecular weight excluding hydrogens is 418 g/mol. The molecular formula is C25H27N5O3. The fourth-order valence-electron chi connectivity index (χ4n) is 6.71. The van der Waals surface area contributed by atoms with E-state index in [1.165, 1.54) is 4.90 Å². The van der Waals surface area contributed by atoms with Gasteiger partial charge in [-0.2, -0.15) is 0 Å². The Morgan fingerprint density at radius 2 is 1.73 bits per heavy atom. The Balaban J connectivity index is 1.18. The predicted molar refractivity (Wildman–Crippen MR) is 118 cm³/mol. The molecule has 8 nitrogen and oxygen atoms in total. The molecule has 2 bridgehead atoms. The van der Waals surface area contributed by atoms with Crippen molar-refractivity contribution in [3.05, 3.63) is 42.7 Å². The smallest absolute Gasteiger partial charge is 0.242 e. The molecule has 5 atom stereocenters. The second-order valence-corrected chi connectivity index (χ2v) is 9.88. The lowest BCUT2D eigenvalue weighted by molar-refractivity contribution is -0.147. The summed E-state index contributed by atoms with van der Waals surface area (Å²) in [6, 6.07) is 3.87. The summed E-state index contributed by atoms with van der Waals surface area (Å²) < 4.78 is 0. The van der Waals surface area contributed by atoms with Crippen LogP contribution in [0.4, 0.5) is 0 Å². The number of imide groups is 1. The molecule has 6 rings (SSSR count). The van der Waals surface area contributed by atoms with Crippen LogP contribution in [-0.2, 0) is 14.4 Å². The van der Waals surface area contributed by atoms with Gasteiger partial charge in [-0.1, -0.05) is 0 Å². The quantitative estimate of drug-likeness (QED) is 0.670. The van der Waals surface area contributed by atoms with Crippen molar-refractivity contribution in [3.8, 4) is 11.1 Å². The van der Waals surface area contributed by atoms with Gasteiger partial charge in [-0.3, -0.25) is 24.3 Å². The molecule has 0 N–H and O–H groups in total. The number of carbonyl (C=O) groups is 3. The first-order chi connectivity index (χ1) is 16.1. The average molecular weight is 446 g/mol. The third-order valence-electron chi connectivity index (χ3n) is 8.21. The van der Waals surface area contributed by atoms with Gasteiger partial charge in [0, 0.05) is 43.2 Å². The maximum atomic E-state index is 13.2. The van der Waals surface area contributed by atoms with E-state index in [9.17, 15) is 14.4 Å². The number of aromatic nitrogens is 3. The molecule has 0 radical (unpaired) electrons. The lowest BCUT2D eigenvalue weighted by atomic mass is 9.81. The van der Waals surface area contributed by atoms with Gasteiger partial charge >= 0.3 is 0 Å². The van der Waals surface area contributed by atoms with Crippen LogP contribution >= 0.6 is 0 Å². The second kappa shape index (κ2) is 8.01. The zero-order chi connectivity index (χ0) is 22.5. The molecule has 8 heteroatoms. The van der Waals surface area contributed by atoms with Crippen LogP contribution in [0.15, 0.2) is 37.1 Å². The van der Waals surface area contributed by atoms with E-state index < -0.39 is 0 Å². The van der Waals surface area contributed by atoms with Crippen LogP contribution in [0.2, 0.25) is 0 Å². The van der Waals surface area contributed by atoms with Gasteiger partial charge in [-0.05, 0) is 61.6 Å². The van der Waals surface area contributed by atoms with E-state index >= 15 is 0 Å².